The molecule has 1 N–H and O–H groups in total. The Bertz CT molecular complexity index is 562. The van der Waals surface area contributed by atoms with E-state index in [0.717, 1.165) is 5.56 Å². The van der Waals surface area contributed by atoms with E-state index in [9.17, 15) is 14.7 Å². The van der Waals surface area contributed by atoms with Crippen LogP contribution in [0.25, 0.3) is 0 Å². The van der Waals surface area contributed by atoms with Crippen LogP contribution in [0.4, 0.5) is 0 Å². The van der Waals surface area contributed by atoms with Gasteiger partial charge in [-0.1, -0.05) is 30.3 Å². The number of carbonyl (C=O) groups excluding carboxylic acids is 2. The van der Waals surface area contributed by atoms with E-state index in [1.807, 2.05) is 30.3 Å². The lowest BCUT2D eigenvalue weighted by Gasteiger charge is -2.37. The number of ether oxygens (including phenoxy) is 3. The van der Waals surface area contributed by atoms with E-state index >= 15 is 0 Å². The molecule has 1 aromatic carbocycles. The molecule has 0 aliphatic carbocycles. The van der Waals surface area contributed by atoms with Gasteiger partial charge in [0.2, 0.25) is 0 Å². The summed E-state index contributed by atoms with van der Waals surface area (Å²) in [6, 6.07) is 8.75. The van der Waals surface area contributed by atoms with Gasteiger partial charge in [-0.15, -0.1) is 0 Å². The van der Waals surface area contributed by atoms with Gasteiger partial charge in [0.1, 0.15) is 6.04 Å². The number of morpholine rings is 1. The van der Waals surface area contributed by atoms with Crippen LogP contribution in [0.3, 0.4) is 0 Å². The summed E-state index contributed by atoms with van der Waals surface area (Å²) in [5.41, 5.74) is 0.921. The number of amides is 1. The molecule has 2 aliphatic rings. The molecule has 1 amide bonds. The molecular weight excluding hydrogens is 290 g/mol. The van der Waals surface area contributed by atoms with Crippen molar-refractivity contribution in [2.75, 3.05) is 13.7 Å². The van der Waals surface area contributed by atoms with Crippen LogP contribution in [0.15, 0.2) is 30.3 Å². The van der Waals surface area contributed by atoms with E-state index in [0.29, 0.717) is 6.54 Å². The molecule has 2 aliphatic heterocycles. The Morgan fingerprint density at radius 1 is 1.32 bits per heavy atom. The maximum absolute atomic E-state index is 12.6. The summed E-state index contributed by atoms with van der Waals surface area (Å²) in [6.07, 6.45) is -2.94. The second-order valence-corrected chi connectivity index (χ2v) is 5.21. The summed E-state index contributed by atoms with van der Waals surface area (Å²) in [4.78, 5) is 25.8. The molecular formula is C15H17NO6. The van der Waals surface area contributed by atoms with Crippen LogP contribution in [-0.4, -0.2) is 60.1 Å². The van der Waals surface area contributed by atoms with Crippen molar-refractivity contribution in [3.63, 3.8) is 0 Å². The van der Waals surface area contributed by atoms with Gasteiger partial charge in [0.25, 0.3) is 5.91 Å². The topological polar surface area (TPSA) is 85.3 Å². The Labute approximate surface area is 127 Å². The van der Waals surface area contributed by atoms with Crippen molar-refractivity contribution >= 4 is 11.9 Å². The Morgan fingerprint density at radius 2 is 2.05 bits per heavy atom. The number of aliphatic hydroxyl groups excluding tert-OH is 1. The zero-order chi connectivity index (χ0) is 15.7. The van der Waals surface area contributed by atoms with E-state index in [1.165, 1.54) is 12.0 Å². The van der Waals surface area contributed by atoms with E-state index in [4.69, 9.17) is 9.47 Å². The number of rotatable bonds is 4. The van der Waals surface area contributed by atoms with Gasteiger partial charge in [-0.3, -0.25) is 4.79 Å². The number of nitrogens with zero attached hydrogens (tertiary/aromatic N) is 1. The molecule has 0 unspecified atom stereocenters. The van der Waals surface area contributed by atoms with Gasteiger partial charge in [0, 0.05) is 6.54 Å². The first kappa shape index (κ1) is 15.0. The van der Waals surface area contributed by atoms with Gasteiger partial charge in [-0.05, 0) is 5.56 Å². The summed E-state index contributed by atoms with van der Waals surface area (Å²) in [5.74, 6) is -1.04. The van der Waals surface area contributed by atoms with Crippen molar-refractivity contribution < 1.29 is 28.9 Å². The molecule has 1 aromatic rings. The number of benzene rings is 1. The Morgan fingerprint density at radius 3 is 2.68 bits per heavy atom. The summed E-state index contributed by atoms with van der Waals surface area (Å²) in [6.45, 7) is 0.00235. The molecule has 0 radical (unpaired) electrons. The number of carbonyl (C=O) groups is 2. The molecule has 7 nitrogen and oxygen atoms in total. The predicted molar refractivity (Wildman–Crippen MR) is 73.4 cm³/mol. The molecule has 3 rings (SSSR count). The fourth-order valence-electron chi connectivity index (χ4n) is 2.76. The first-order chi connectivity index (χ1) is 10.7. The maximum atomic E-state index is 12.6. The summed E-state index contributed by atoms with van der Waals surface area (Å²) in [5, 5.41) is 9.59. The quantitative estimate of drug-likeness (QED) is 0.767. The van der Waals surface area contributed by atoms with Crippen molar-refractivity contribution in [1.82, 2.24) is 4.90 Å². The van der Waals surface area contributed by atoms with Crippen molar-refractivity contribution in [3.05, 3.63) is 35.9 Å². The highest BCUT2D eigenvalue weighted by atomic mass is 16.7. The normalized spacial score (nSPS) is 30.5. The minimum atomic E-state index is -1.09. The Hall–Kier alpha value is -1.96. The molecule has 2 saturated heterocycles. The average Bonchev–Trinajstić information content (AvgIpc) is 2.95. The van der Waals surface area contributed by atoms with Crippen LogP contribution >= 0.6 is 0 Å². The molecule has 0 spiro atoms. The number of esters is 1. The molecule has 22 heavy (non-hydrogen) atoms. The van der Waals surface area contributed by atoms with E-state index in [-0.39, 0.29) is 12.5 Å². The molecule has 2 bridgehead atoms. The minimum Gasteiger partial charge on any atom is -0.467 e. The monoisotopic (exact) mass is 307 g/mol. The van der Waals surface area contributed by atoms with Crippen LogP contribution in [-0.2, 0) is 30.3 Å². The smallest absolute Gasteiger partial charge is 0.338 e. The highest BCUT2D eigenvalue weighted by Crippen LogP contribution is 2.32. The second kappa shape index (κ2) is 6.04. The second-order valence-electron chi connectivity index (χ2n) is 5.21. The van der Waals surface area contributed by atoms with Crippen molar-refractivity contribution in [3.8, 4) is 0 Å². The third-order valence-corrected chi connectivity index (χ3v) is 3.89. The van der Waals surface area contributed by atoms with Gasteiger partial charge >= 0.3 is 5.97 Å². The molecule has 4 atom stereocenters. The van der Waals surface area contributed by atoms with Gasteiger partial charge in [-0.25, -0.2) is 4.79 Å². The SMILES string of the molecule is COC(=O)[C@H]1O[C@H]2O[C@@H]1C(=O)N(Cc1ccccc1)[C@@H]2CO. The summed E-state index contributed by atoms with van der Waals surface area (Å²) >= 11 is 0. The molecule has 118 valence electrons. The fourth-order valence-corrected chi connectivity index (χ4v) is 2.76. The van der Waals surface area contributed by atoms with Crippen LogP contribution < -0.4 is 0 Å². The van der Waals surface area contributed by atoms with Crippen LogP contribution in [0.1, 0.15) is 5.56 Å². The van der Waals surface area contributed by atoms with Gasteiger partial charge in [0.05, 0.1) is 13.7 Å². The number of hydrogen-bond acceptors (Lipinski definition) is 6. The van der Waals surface area contributed by atoms with Crippen molar-refractivity contribution in [1.29, 1.82) is 0 Å². The molecule has 0 aromatic heterocycles. The zero-order valence-electron chi connectivity index (χ0n) is 12.0. The van der Waals surface area contributed by atoms with E-state index in [1.54, 1.807) is 0 Å². The van der Waals surface area contributed by atoms with E-state index < -0.39 is 30.5 Å². The molecule has 7 heteroatoms. The molecule has 2 heterocycles. The highest BCUT2D eigenvalue weighted by molar-refractivity contribution is 5.90. The van der Waals surface area contributed by atoms with Crippen LogP contribution in [0, 0.1) is 0 Å². The summed E-state index contributed by atoms with van der Waals surface area (Å²) < 4.78 is 15.5. The van der Waals surface area contributed by atoms with Crippen molar-refractivity contribution in [2.24, 2.45) is 0 Å². The van der Waals surface area contributed by atoms with Crippen LogP contribution in [0.2, 0.25) is 0 Å². The third-order valence-electron chi connectivity index (χ3n) is 3.89. The van der Waals surface area contributed by atoms with Crippen LogP contribution in [0.5, 0.6) is 0 Å². The minimum absolute atomic E-state index is 0.316. The highest BCUT2D eigenvalue weighted by Gasteiger charge is 2.55. The van der Waals surface area contributed by atoms with E-state index in [2.05, 4.69) is 4.74 Å². The Balaban J connectivity index is 1.84. The number of fused-ring (bicyclic) bond motifs is 2. The lowest BCUT2D eigenvalue weighted by Crippen LogP contribution is -2.56. The molecule has 2 fully saturated rings. The first-order valence-electron chi connectivity index (χ1n) is 6.99. The largest absolute Gasteiger partial charge is 0.467 e. The fraction of sp³-hybridized carbons (Fsp3) is 0.467. The molecule has 0 saturated carbocycles. The standard InChI is InChI=1S/C15H17NO6/c1-20-14(19)12-11-13(18)16(7-9-5-3-2-4-6-9)10(8-17)15(21-11)22-12/h2-6,10-12,15,17H,7-8H2,1H3/t10-,11+,12+,15-/m1/s1. The van der Waals surface area contributed by atoms with Gasteiger partial charge < -0.3 is 24.2 Å². The average molecular weight is 307 g/mol. The lowest BCUT2D eigenvalue weighted by atomic mass is 10.1. The van der Waals surface area contributed by atoms with Gasteiger partial charge in [0.15, 0.2) is 18.5 Å². The maximum Gasteiger partial charge on any atom is 0.338 e. The number of methoxy groups -OCH3 is 1. The Kier molecular flexibility index (Phi) is 4.10. The number of hydrogen-bond donors (Lipinski definition) is 1. The predicted octanol–water partition coefficient (Wildman–Crippen LogP) is -0.327. The zero-order valence-corrected chi connectivity index (χ0v) is 12.0. The first-order valence-corrected chi connectivity index (χ1v) is 6.99. The lowest BCUT2D eigenvalue weighted by molar-refractivity contribution is -0.182. The van der Waals surface area contributed by atoms with Gasteiger partial charge in [-0.2, -0.15) is 0 Å². The third kappa shape index (κ3) is 2.47. The number of aliphatic hydroxyl groups is 1. The van der Waals surface area contributed by atoms with Crippen molar-refractivity contribution in [2.45, 2.75) is 31.1 Å². The summed E-state index contributed by atoms with van der Waals surface area (Å²) in [7, 11) is 1.23.